The molecule has 0 spiro atoms. The molecule has 2 fully saturated rings. The van der Waals surface area contributed by atoms with E-state index in [1.54, 1.807) is 63.8 Å². The van der Waals surface area contributed by atoms with Gasteiger partial charge in [-0.2, -0.15) is 0 Å². The van der Waals surface area contributed by atoms with Crippen LogP contribution >= 0.6 is 0 Å². The average Bonchev–Trinajstić information content (AvgIpc) is 3.39. The number of imidazole rings is 1. The number of likely N-dealkylation sites (tertiary alicyclic amines) is 1. The molecule has 1 saturated carbocycles. The number of nitrogens with zero attached hydrogens (tertiary/aromatic N) is 5. The Hall–Kier alpha value is -3.60. The van der Waals surface area contributed by atoms with E-state index >= 15 is 0 Å². The van der Waals surface area contributed by atoms with Crippen molar-refractivity contribution >= 4 is 38.2 Å². The van der Waals surface area contributed by atoms with Crippen LogP contribution in [0.3, 0.4) is 0 Å². The van der Waals surface area contributed by atoms with Gasteiger partial charge in [-0.15, -0.1) is 0 Å². The van der Waals surface area contributed by atoms with Crippen molar-refractivity contribution < 1.29 is 17.9 Å². The second-order valence-corrected chi connectivity index (χ2v) is 14.2. The van der Waals surface area contributed by atoms with Crippen LogP contribution in [0, 0.1) is 5.92 Å². The van der Waals surface area contributed by atoms with Crippen molar-refractivity contribution in [3.05, 3.63) is 58.8 Å². The average molecular weight is 566 g/mol. The first-order valence-corrected chi connectivity index (χ1v) is 15.1. The number of hydrogen-bond acceptors (Lipinski definition) is 6. The maximum atomic E-state index is 13.9. The molecule has 0 bridgehead atoms. The largest absolute Gasteiger partial charge is 0.444 e. The number of aromatic nitrogens is 4. The van der Waals surface area contributed by atoms with Gasteiger partial charge < -0.3 is 9.64 Å². The molecule has 0 N–H and O–H groups in total. The van der Waals surface area contributed by atoms with Gasteiger partial charge in [0.1, 0.15) is 5.60 Å². The van der Waals surface area contributed by atoms with Crippen LogP contribution in [0.25, 0.3) is 22.1 Å². The third kappa shape index (κ3) is 3.88. The van der Waals surface area contributed by atoms with E-state index in [0.717, 1.165) is 12.0 Å². The van der Waals surface area contributed by atoms with E-state index in [4.69, 9.17) is 4.74 Å². The zero-order valence-corrected chi connectivity index (χ0v) is 24.5. The second kappa shape index (κ2) is 8.70. The number of carbonyl (C=O) groups is 1. The van der Waals surface area contributed by atoms with Crippen molar-refractivity contribution in [3.8, 4) is 0 Å². The second-order valence-electron chi connectivity index (χ2n) is 12.4. The number of fused-ring (bicyclic) bond motifs is 4. The summed E-state index contributed by atoms with van der Waals surface area (Å²) < 4.78 is 38.1. The Morgan fingerprint density at radius 3 is 2.50 bits per heavy atom. The molecule has 2 aliphatic rings. The molecule has 10 nitrogen and oxygen atoms in total. The van der Waals surface area contributed by atoms with Gasteiger partial charge in [-0.1, -0.05) is 18.2 Å². The standard InChI is InChI=1S/C29H35N5O5S/c1-18(2)34-24-22(31(6)26(34)35)15-30-25-23(24)21(17-33(25)40(37,38)20-10-8-7-9-11-20)29-12-13-32(16-19(29)14-29)27(36)39-28(3,4)5/h7-11,15,17-19H,12-14,16H2,1-6H3. The van der Waals surface area contributed by atoms with Gasteiger partial charge in [-0.3, -0.25) is 9.13 Å². The third-order valence-corrected chi connectivity index (χ3v) is 10.0. The molecule has 212 valence electrons. The predicted molar refractivity (Wildman–Crippen MR) is 152 cm³/mol. The number of piperidine rings is 1. The summed E-state index contributed by atoms with van der Waals surface area (Å²) in [5, 5.41) is 0.691. The lowest BCUT2D eigenvalue weighted by Crippen LogP contribution is -2.43. The summed E-state index contributed by atoms with van der Waals surface area (Å²) in [6.45, 7) is 10.5. The van der Waals surface area contributed by atoms with E-state index < -0.39 is 15.6 Å². The van der Waals surface area contributed by atoms with Gasteiger partial charge in [0.05, 0.1) is 22.1 Å². The van der Waals surface area contributed by atoms with E-state index in [0.29, 0.717) is 41.6 Å². The highest BCUT2D eigenvalue weighted by atomic mass is 32.2. The number of hydrogen-bond donors (Lipinski definition) is 0. The number of aryl methyl sites for hydroxylation is 1. The topological polar surface area (TPSA) is 108 Å². The predicted octanol–water partition coefficient (Wildman–Crippen LogP) is 4.41. The van der Waals surface area contributed by atoms with Crippen molar-refractivity contribution in [2.75, 3.05) is 13.1 Å². The first-order valence-electron chi connectivity index (χ1n) is 13.7. The maximum Gasteiger partial charge on any atom is 0.410 e. The van der Waals surface area contributed by atoms with E-state index in [1.165, 1.54) is 3.97 Å². The summed E-state index contributed by atoms with van der Waals surface area (Å²) in [4.78, 5) is 32.7. The molecule has 0 radical (unpaired) electrons. The summed E-state index contributed by atoms with van der Waals surface area (Å²) in [6.07, 6.45) is 4.45. The minimum atomic E-state index is -3.97. The number of pyridine rings is 1. The maximum absolute atomic E-state index is 13.9. The summed E-state index contributed by atoms with van der Waals surface area (Å²) in [7, 11) is -2.25. The van der Waals surface area contributed by atoms with Gasteiger partial charge in [0.2, 0.25) is 0 Å². The summed E-state index contributed by atoms with van der Waals surface area (Å²) in [5.74, 6) is 0.144. The molecule has 4 heterocycles. The first kappa shape index (κ1) is 26.6. The smallest absolute Gasteiger partial charge is 0.410 e. The molecule has 3 aromatic heterocycles. The molecule has 11 heteroatoms. The fourth-order valence-corrected chi connectivity index (χ4v) is 7.65. The van der Waals surface area contributed by atoms with Crippen LogP contribution in [-0.4, -0.2) is 56.2 Å². The van der Waals surface area contributed by atoms with E-state index in [9.17, 15) is 18.0 Å². The van der Waals surface area contributed by atoms with Crippen LogP contribution in [0.5, 0.6) is 0 Å². The third-order valence-electron chi connectivity index (χ3n) is 8.34. The van der Waals surface area contributed by atoms with Crippen molar-refractivity contribution in [3.63, 3.8) is 0 Å². The van der Waals surface area contributed by atoms with Crippen LogP contribution in [0.1, 0.15) is 59.1 Å². The molecular weight excluding hydrogens is 530 g/mol. The van der Waals surface area contributed by atoms with Crippen LogP contribution in [0.2, 0.25) is 0 Å². The highest BCUT2D eigenvalue weighted by Crippen LogP contribution is 2.61. The summed E-state index contributed by atoms with van der Waals surface area (Å²) >= 11 is 0. The lowest BCUT2D eigenvalue weighted by atomic mass is 9.87. The highest BCUT2D eigenvalue weighted by Gasteiger charge is 2.60. The van der Waals surface area contributed by atoms with Crippen molar-refractivity contribution in [1.29, 1.82) is 0 Å². The molecule has 2 unspecified atom stereocenters. The molecule has 1 saturated heterocycles. The number of ether oxygens (including phenoxy) is 1. The Morgan fingerprint density at radius 2 is 1.88 bits per heavy atom. The van der Waals surface area contributed by atoms with Gasteiger partial charge in [-0.05, 0) is 71.1 Å². The number of rotatable bonds is 4. The van der Waals surface area contributed by atoms with E-state index in [2.05, 4.69) is 4.98 Å². The monoisotopic (exact) mass is 565 g/mol. The SMILES string of the molecule is CC(C)n1c(=O)n(C)c2cnc3c(c(C45CCN(C(=O)OC(C)(C)C)CC4C5)cn3S(=O)(=O)c3ccccc3)c21. The minimum absolute atomic E-state index is 0.144. The van der Waals surface area contributed by atoms with Gasteiger partial charge in [0.25, 0.3) is 10.0 Å². The minimum Gasteiger partial charge on any atom is -0.444 e. The Kier molecular flexibility index (Phi) is 5.79. The Balaban J connectivity index is 1.56. The van der Waals surface area contributed by atoms with Crippen LogP contribution in [-0.2, 0) is 27.2 Å². The normalized spacial score (nSPS) is 21.3. The summed E-state index contributed by atoms with van der Waals surface area (Å²) in [5.41, 5.74) is 1.45. The number of benzene rings is 1. The van der Waals surface area contributed by atoms with Gasteiger partial charge in [-0.25, -0.2) is 27.0 Å². The molecule has 2 atom stereocenters. The Morgan fingerprint density at radius 1 is 1.18 bits per heavy atom. The fraction of sp³-hybridized carbons (Fsp3) is 0.483. The molecule has 40 heavy (non-hydrogen) atoms. The van der Waals surface area contributed by atoms with Gasteiger partial charge >= 0.3 is 11.8 Å². The fourth-order valence-electron chi connectivity index (χ4n) is 6.31. The molecular formula is C29H35N5O5S. The van der Waals surface area contributed by atoms with Gasteiger partial charge in [0.15, 0.2) is 5.65 Å². The van der Waals surface area contributed by atoms with Crippen molar-refractivity contribution in [2.24, 2.45) is 13.0 Å². The Labute approximate surface area is 233 Å². The molecule has 4 aromatic rings. The summed E-state index contributed by atoms with van der Waals surface area (Å²) in [6, 6.07) is 8.16. The van der Waals surface area contributed by atoms with Crippen LogP contribution in [0.15, 0.2) is 52.4 Å². The highest BCUT2D eigenvalue weighted by molar-refractivity contribution is 7.90. The number of carbonyl (C=O) groups excluding carboxylic acids is 1. The molecule has 1 aromatic carbocycles. The first-order chi connectivity index (χ1) is 18.8. The molecule has 1 aliphatic carbocycles. The lowest BCUT2D eigenvalue weighted by Gasteiger charge is -2.33. The lowest BCUT2D eigenvalue weighted by molar-refractivity contribution is 0.0199. The molecule has 1 aliphatic heterocycles. The zero-order valence-electron chi connectivity index (χ0n) is 23.7. The van der Waals surface area contributed by atoms with E-state index in [-0.39, 0.29) is 34.1 Å². The van der Waals surface area contributed by atoms with Crippen molar-refractivity contribution in [2.45, 2.75) is 69.4 Å². The molecule has 1 amide bonds. The van der Waals surface area contributed by atoms with Crippen molar-refractivity contribution in [1.82, 2.24) is 23.0 Å². The van der Waals surface area contributed by atoms with Crippen LogP contribution < -0.4 is 5.69 Å². The zero-order chi connectivity index (χ0) is 28.8. The quantitative estimate of drug-likeness (QED) is 0.363. The van der Waals surface area contributed by atoms with Gasteiger partial charge in [0, 0.05) is 43.2 Å². The van der Waals surface area contributed by atoms with Crippen LogP contribution in [0.4, 0.5) is 4.79 Å². The van der Waals surface area contributed by atoms with E-state index in [1.807, 2.05) is 34.6 Å². The Bertz CT molecular complexity index is 1830. The molecule has 6 rings (SSSR count). The number of amides is 1.